The Morgan fingerprint density at radius 3 is 2.69 bits per heavy atom. The molecule has 5 rings (SSSR count). The Morgan fingerprint density at radius 2 is 1.97 bits per heavy atom. The molecule has 9 heteroatoms. The molecule has 0 aliphatic carbocycles. The van der Waals surface area contributed by atoms with Gasteiger partial charge in [0.15, 0.2) is 22.3 Å². The number of nitrogens with one attached hydrogen (secondary N) is 1. The fraction of sp³-hybridized carbons (Fsp3) is 0.304. The van der Waals surface area contributed by atoms with E-state index in [0.29, 0.717) is 24.5 Å². The molecule has 1 fully saturated rings. The smallest absolute Gasteiger partial charge is 0.225 e. The Kier molecular flexibility index (Phi) is 5.72. The minimum absolute atomic E-state index is 0.0576. The molecule has 4 aromatic heterocycles. The van der Waals surface area contributed by atoms with Gasteiger partial charge in [-0.3, -0.25) is 4.79 Å². The van der Waals surface area contributed by atoms with Crippen LogP contribution in [0.2, 0.25) is 0 Å². The van der Waals surface area contributed by atoms with Crippen molar-refractivity contribution < 1.29 is 13.6 Å². The summed E-state index contributed by atoms with van der Waals surface area (Å²) < 4.78 is 10.8. The third-order valence-electron chi connectivity index (χ3n) is 5.59. The summed E-state index contributed by atoms with van der Waals surface area (Å²) in [5.74, 6) is 2.18. The highest BCUT2D eigenvalue weighted by Gasteiger charge is 2.27. The number of anilines is 1. The zero-order chi connectivity index (χ0) is 21.9. The van der Waals surface area contributed by atoms with Crippen LogP contribution in [-0.2, 0) is 11.3 Å². The first-order chi connectivity index (χ1) is 15.7. The van der Waals surface area contributed by atoms with E-state index in [0.717, 1.165) is 46.5 Å². The number of aromatic nitrogens is 3. The molecule has 0 spiro atoms. The number of thiazole rings is 1. The van der Waals surface area contributed by atoms with Gasteiger partial charge in [-0.25, -0.2) is 4.98 Å². The minimum Gasteiger partial charge on any atom is -0.463 e. The van der Waals surface area contributed by atoms with Gasteiger partial charge in [-0.2, -0.15) is 0 Å². The van der Waals surface area contributed by atoms with Crippen molar-refractivity contribution in [2.75, 3.05) is 18.0 Å². The third-order valence-corrected chi connectivity index (χ3v) is 6.76. The highest BCUT2D eigenvalue weighted by atomic mass is 32.1. The van der Waals surface area contributed by atoms with Gasteiger partial charge in [0.25, 0.3) is 0 Å². The number of aryl methyl sites for hydroxylation is 1. The number of piperidine rings is 1. The number of carbonyl (C=O) groups excluding carboxylic acids is 1. The highest BCUT2D eigenvalue weighted by Crippen LogP contribution is 2.28. The number of hydrogen-bond acceptors (Lipinski definition) is 8. The molecule has 1 saturated heterocycles. The van der Waals surface area contributed by atoms with Gasteiger partial charge in [0, 0.05) is 18.0 Å². The summed E-state index contributed by atoms with van der Waals surface area (Å²) in [6.45, 7) is 3.91. The minimum atomic E-state index is -0.0897. The average molecular weight is 450 g/mol. The second kappa shape index (κ2) is 8.96. The summed E-state index contributed by atoms with van der Waals surface area (Å²) in [7, 11) is 0. The predicted molar refractivity (Wildman–Crippen MR) is 121 cm³/mol. The van der Waals surface area contributed by atoms with Crippen LogP contribution in [0, 0.1) is 12.8 Å². The maximum Gasteiger partial charge on any atom is 0.225 e. The second-order valence-electron chi connectivity index (χ2n) is 7.76. The third kappa shape index (κ3) is 4.29. The Balaban J connectivity index is 1.20. The summed E-state index contributed by atoms with van der Waals surface area (Å²) in [6, 6.07) is 11.2. The van der Waals surface area contributed by atoms with Crippen LogP contribution < -0.4 is 10.2 Å². The van der Waals surface area contributed by atoms with E-state index in [2.05, 4.69) is 25.4 Å². The molecule has 1 aliphatic heterocycles. The van der Waals surface area contributed by atoms with Crippen LogP contribution in [0.1, 0.15) is 23.4 Å². The Morgan fingerprint density at radius 1 is 1.16 bits per heavy atom. The summed E-state index contributed by atoms with van der Waals surface area (Å²) in [5.41, 5.74) is 1.61. The number of hydrogen-bond donors (Lipinski definition) is 1. The van der Waals surface area contributed by atoms with Crippen molar-refractivity contribution in [3.05, 3.63) is 59.5 Å². The van der Waals surface area contributed by atoms with Gasteiger partial charge in [-0.05, 0) is 56.2 Å². The van der Waals surface area contributed by atoms with E-state index in [4.69, 9.17) is 8.83 Å². The number of amides is 1. The molecule has 1 amide bonds. The van der Waals surface area contributed by atoms with Crippen molar-refractivity contribution in [3.63, 3.8) is 0 Å². The average Bonchev–Trinajstić information content (AvgIpc) is 3.60. The van der Waals surface area contributed by atoms with E-state index in [-0.39, 0.29) is 11.8 Å². The normalized spacial score (nSPS) is 16.3. The molecule has 164 valence electrons. The number of nitrogens with zero attached hydrogens (tertiary/aromatic N) is 4. The van der Waals surface area contributed by atoms with Crippen LogP contribution in [-0.4, -0.2) is 34.2 Å². The molecular formula is C23H23N5O3S. The van der Waals surface area contributed by atoms with Crippen molar-refractivity contribution >= 4 is 23.1 Å². The molecule has 0 aromatic carbocycles. The van der Waals surface area contributed by atoms with Crippen molar-refractivity contribution in [1.82, 2.24) is 20.5 Å². The van der Waals surface area contributed by atoms with Crippen LogP contribution in [0.25, 0.3) is 22.2 Å². The molecule has 0 radical (unpaired) electrons. The van der Waals surface area contributed by atoms with Gasteiger partial charge in [-0.1, -0.05) is 0 Å². The highest BCUT2D eigenvalue weighted by molar-refractivity contribution is 7.15. The first-order valence-corrected chi connectivity index (χ1v) is 11.4. The van der Waals surface area contributed by atoms with Crippen LogP contribution in [0.5, 0.6) is 0 Å². The number of rotatable bonds is 6. The lowest BCUT2D eigenvalue weighted by molar-refractivity contribution is -0.125. The zero-order valence-corrected chi connectivity index (χ0v) is 18.5. The molecule has 1 aliphatic rings. The van der Waals surface area contributed by atoms with Crippen molar-refractivity contribution in [1.29, 1.82) is 0 Å². The molecule has 32 heavy (non-hydrogen) atoms. The topological polar surface area (TPSA) is 97.3 Å². The largest absolute Gasteiger partial charge is 0.463 e. The quantitative estimate of drug-likeness (QED) is 0.469. The lowest BCUT2D eigenvalue weighted by Crippen LogP contribution is -2.43. The maximum absolute atomic E-state index is 12.9. The second-order valence-corrected chi connectivity index (χ2v) is 8.85. The van der Waals surface area contributed by atoms with Gasteiger partial charge >= 0.3 is 0 Å². The summed E-state index contributed by atoms with van der Waals surface area (Å²) in [4.78, 5) is 20.6. The first kappa shape index (κ1) is 20.4. The van der Waals surface area contributed by atoms with Gasteiger partial charge in [0.2, 0.25) is 5.91 Å². The lowest BCUT2D eigenvalue weighted by atomic mass is 9.97. The number of furan rings is 2. The summed E-state index contributed by atoms with van der Waals surface area (Å²) in [6.07, 6.45) is 5.04. The molecule has 1 atom stereocenters. The lowest BCUT2D eigenvalue weighted by Gasteiger charge is -2.32. The van der Waals surface area contributed by atoms with Crippen LogP contribution >= 0.6 is 11.3 Å². The Hall–Kier alpha value is -3.46. The van der Waals surface area contributed by atoms with E-state index in [9.17, 15) is 4.79 Å². The first-order valence-electron chi connectivity index (χ1n) is 10.6. The van der Waals surface area contributed by atoms with E-state index in [1.807, 2.05) is 43.3 Å². The SMILES string of the molecule is Cc1nc(-c2ccco2)sc1CNC(=O)C1CCCN(c2ccc(-c3ccco3)nn2)C1. The van der Waals surface area contributed by atoms with E-state index in [1.165, 1.54) is 0 Å². The fourth-order valence-corrected chi connectivity index (χ4v) is 4.83. The van der Waals surface area contributed by atoms with Crippen LogP contribution in [0.4, 0.5) is 5.82 Å². The molecule has 8 nitrogen and oxygen atoms in total. The van der Waals surface area contributed by atoms with E-state index < -0.39 is 0 Å². The molecule has 0 saturated carbocycles. The van der Waals surface area contributed by atoms with Gasteiger partial charge in [0.05, 0.1) is 30.7 Å². The predicted octanol–water partition coefficient (Wildman–Crippen LogP) is 4.29. The van der Waals surface area contributed by atoms with Crippen LogP contribution in [0.15, 0.2) is 57.8 Å². The van der Waals surface area contributed by atoms with Crippen molar-refractivity contribution in [2.45, 2.75) is 26.3 Å². The molecule has 4 aromatic rings. The van der Waals surface area contributed by atoms with E-state index in [1.54, 1.807) is 23.9 Å². The monoisotopic (exact) mass is 449 g/mol. The number of carbonyl (C=O) groups is 1. The van der Waals surface area contributed by atoms with Gasteiger partial charge in [-0.15, -0.1) is 21.5 Å². The Bertz CT molecular complexity index is 1170. The van der Waals surface area contributed by atoms with Gasteiger partial charge in [0.1, 0.15) is 5.69 Å². The Labute approximate surface area is 189 Å². The van der Waals surface area contributed by atoms with Crippen molar-refractivity contribution in [3.8, 4) is 22.2 Å². The standard InChI is InChI=1S/C23H23N5O3S/c1-15-20(32-23(25-15)19-7-4-12-31-19)13-24-22(29)16-5-2-10-28(14-16)21-9-8-17(26-27-21)18-6-3-11-30-18/h3-4,6-9,11-12,16H,2,5,10,13-14H2,1H3,(H,24,29). The zero-order valence-electron chi connectivity index (χ0n) is 17.7. The maximum atomic E-state index is 12.9. The van der Waals surface area contributed by atoms with Crippen molar-refractivity contribution in [2.24, 2.45) is 5.92 Å². The summed E-state index contributed by atoms with van der Waals surface area (Å²) >= 11 is 1.55. The molecular weight excluding hydrogens is 426 g/mol. The van der Waals surface area contributed by atoms with Crippen LogP contribution in [0.3, 0.4) is 0 Å². The molecule has 0 bridgehead atoms. The molecule has 1 unspecified atom stereocenters. The molecule has 5 heterocycles. The summed E-state index contributed by atoms with van der Waals surface area (Å²) in [5, 5.41) is 12.6. The molecule has 1 N–H and O–H groups in total. The van der Waals surface area contributed by atoms with E-state index >= 15 is 0 Å². The fourth-order valence-electron chi connectivity index (χ4n) is 3.86. The van der Waals surface area contributed by atoms with Gasteiger partial charge < -0.3 is 19.1 Å².